The van der Waals surface area contributed by atoms with Crippen molar-refractivity contribution < 1.29 is 0 Å². The lowest BCUT2D eigenvalue weighted by Crippen LogP contribution is -2.17. The maximum atomic E-state index is 4.50. The lowest BCUT2D eigenvalue weighted by Gasteiger charge is -2.10. The normalized spacial score (nSPS) is 11.0. The highest BCUT2D eigenvalue weighted by Gasteiger charge is 2.02. The average molecular weight is 208 g/mol. The molecule has 1 aromatic heterocycles. The minimum absolute atomic E-state index is 0.792. The molecule has 0 aliphatic rings. The molecule has 1 rings (SSSR count). The fourth-order valence-corrected chi connectivity index (χ4v) is 1.40. The Balaban J connectivity index is 2.75. The van der Waals surface area contributed by atoms with Crippen molar-refractivity contribution >= 4 is 0 Å². The Bertz CT molecular complexity index is 309. The van der Waals surface area contributed by atoms with Crippen molar-refractivity contribution in [3.63, 3.8) is 0 Å². The van der Waals surface area contributed by atoms with Crippen LogP contribution in [0.2, 0.25) is 0 Å². The maximum absolute atomic E-state index is 4.50. The zero-order valence-electron chi connectivity index (χ0n) is 10.0. The first kappa shape index (κ1) is 12.1. The monoisotopic (exact) mass is 208 g/mol. The average Bonchev–Trinajstić information content (AvgIpc) is 2.12. The predicted octanol–water partition coefficient (Wildman–Crippen LogP) is 0.956. The highest BCUT2D eigenvalue weighted by Crippen LogP contribution is 2.02. The van der Waals surface area contributed by atoms with Gasteiger partial charge < -0.3 is 10.2 Å². The molecular weight excluding hydrogens is 188 g/mol. The molecule has 0 atom stereocenters. The summed E-state index contributed by atoms with van der Waals surface area (Å²) < 4.78 is 0. The summed E-state index contributed by atoms with van der Waals surface area (Å²) in [6.07, 6.45) is 0. The summed E-state index contributed by atoms with van der Waals surface area (Å²) in [7, 11) is 4.05. The molecule has 15 heavy (non-hydrogen) atoms. The Morgan fingerprint density at radius 1 is 1.33 bits per heavy atom. The lowest BCUT2D eigenvalue weighted by molar-refractivity contribution is 0.389. The van der Waals surface area contributed by atoms with Gasteiger partial charge in [0.1, 0.15) is 5.82 Å². The van der Waals surface area contributed by atoms with E-state index in [1.54, 1.807) is 0 Å². The van der Waals surface area contributed by atoms with Gasteiger partial charge in [0.25, 0.3) is 0 Å². The van der Waals surface area contributed by atoms with Crippen LogP contribution in [-0.2, 0) is 13.1 Å². The first-order valence-electron chi connectivity index (χ1n) is 5.30. The predicted molar refractivity (Wildman–Crippen MR) is 61.5 cm³/mol. The second-order valence-electron chi connectivity index (χ2n) is 3.94. The largest absolute Gasteiger partial charge is 0.311 e. The van der Waals surface area contributed by atoms with Gasteiger partial charge in [0, 0.05) is 12.2 Å². The zero-order chi connectivity index (χ0) is 11.3. The third-order valence-corrected chi connectivity index (χ3v) is 1.97. The molecule has 0 aromatic carbocycles. The second kappa shape index (κ2) is 5.78. The zero-order valence-corrected chi connectivity index (χ0v) is 10.0. The van der Waals surface area contributed by atoms with Gasteiger partial charge in [-0.2, -0.15) is 0 Å². The van der Waals surface area contributed by atoms with Crippen LogP contribution in [0.4, 0.5) is 0 Å². The highest BCUT2D eigenvalue weighted by molar-refractivity contribution is 5.10. The van der Waals surface area contributed by atoms with Gasteiger partial charge in [0.05, 0.1) is 12.2 Å². The molecule has 0 amide bonds. The van der Waals surface area contributed by atoms with Crippen LogP contribution >= 0.6 is 0 Å². The van der Waals surface area contributed by atoms with E-state index < -0.39 is 0 Å². The third-order valence-electron chi connectivity index (χ3n) is 1.97. The smallest absolute Gasteiger partial charge is 0.142 e. The Labute approximate surface area is 91.7 Å². The van der Waals surface area contributed by atoms with Crippen molar-refractivity contribution in [2.75, 3.05) is 20.6 Å². The summed E-state index contributed by atoms with van der Waals surface area (Å²) >= 11 is 0. The first-order chi connectivity index (χ1) is 7.11. The summed E-state index contributed by atoms with van der Waals surface area (Å²) in [5.74, 6) is 0.896. The topological polar surface area (TPSA) is 41.1 Å². The van der Waals surface area contributed by atoms with Gasteiger partial charge in [0.2, 0.25) is 0 Å². The van der Waals surface area contributed by atoms with Gasteiger partial charge in [-0.1, -0.05) is 6.92 Å². The summed E-state index contributed by atoms with van der Waals surface area (Å²) in [5.41, 5.74) is 2.11. The van der Waals surface area contributed by atoms with Crippen LogP contribution in [0, 0.1) is 6.92 Å². The summed E-state index contributed by atoms with van der Waals surface area (Å²) in [4.78, 5) is 11.0. The van der Waals surface area contributed by atoms with E-state index in [2.05, 4.69) is 27.1 Å². The van der Waals surface area contributed by atoms with Gasteiger partial charge in [-0.25, -0.2) is 9.97 Å². The minimum Gasteiger partial charge on any atom is -0.311 e. The number of nitrogens with zero attached hydrogens (tertiary/aromatic N) is 3. The molecule has 0 saturated carbocycles. The molecule has 0 saturated heterocycles. The summed E-state index contributed by atoms with van der Waals surface area (Å²) in [6.45, 7) is 6.68. The molecular formula is C11H20N4. The highest BCUT2D eigenvalue weighted by atomic mass is 15.1. The summed E-state index contributed by atoms with van der Waals surface area (Å²) in [6, 6.07) is 2.03. The molecule has 0 bridgehead atoms. The van der Waals surface area contributed by atoms with E-state index in [0.29, 0.717) is 0 Å². The van der Waals surface area contributed by atoms with Gasteiger partial charge in [-0.05, 0) is 33.6 Å². The molecule has 0 aliphatic heterocycles. The molecule has 0 spiro atoms. The molecule has 0 fully saturated rings. The number of aryl methyl sites for hydroxylation is 1. The van der Waals surface area contributed by atoms with Crippen LogP contribution in [0.3, 0.4) is 0 Å². The standard InChI is InChI=1S/C11H20N4/c1-5-12-7-10-6-9(2)13-11(14-10)8-15(3)4/h6,12H,5,7-8H2,1-4H3. The van der Waals surface area contributed by atoms with Crippen molar-refractivity contribution in [1.29, 1.82) is 0 Å². The third kappa shape index (κ3) is 4.36. The number of hydrogen-bond acceptors (Lipinski definition) is 4. The fourth-order valence-electron chi connectivity index (χ4n) is 1.40. The Morgan fingerprint density at radius 3 is 2.67 bits per heavy atom. The number of nitrogens with one attached hydrogen (secondary N) is 1. The molecule has 84 valence electrons. The van der Waals surface area contributed by atoms with E-state index in [1.807, 2.05) is 27.1 Å². The van der Waals surface area contributed by atoms with E-state index in [0.717, 1.165) is 36.8 Å². The second-order valence-corrected chi connectivity index (χ2v) is 3.94. The quantitative estimate of drug-likeness (QED) is 0.782. The molecule has 4 nitrogen and oxygen atoms in total. The van der Waals surface area contributed by atoms with Crippen LogP contribution in [0.25, 0.3) is 0 Å². The van der Waals surface area contributed by atoms with Crippen LogP contribution in [0.1, 0.15) is 24.1 Å². The molecule has 1 aromatic rings. The van der Waals surface area contributed by atoms with Crippen molar-refractivity contribution in [3.05, 3.63) is 23.3 Å². The van der Waals surface area contributed by atoms with Crippen LogP contribution in [-0.4, -0.2) is 35.5 Å². The van der Waals surface area contributed by atoms with Crippen molar-refractivity contribution in [2.24, 2.45) is 0 Å². The fraction of sp³-hybridized carbons (Fsp3) is 0.636. The SMILES string of the molecule is CCNCc1cc(C)nc(CN(C)C)n1. The van der Waals surface area contributed by atoms with E-state index in [9.17, 15) is 0 Å². The summed E-state index contributed by atoms with van der Waals surface area (Å²) in [5, 5.41) is 3.27. The van der Waals surface area contributed by atoms with Gasteiger partial charge in [-0.3, -0.25) is 0 Å². The minimum atomic E-state index is 0.792. The molecule has 0 unspecified atom stereocenters. The maximum Gasteiger partial charge on any atom is 0.142 e. The van der Waals surface area contributed by atoms with Crippen molar-refractivity contribution in [2.45, 2.75) is 26.9 Å². The van der Waals surface area contributed by atoms with Crippen molar-refractivity contribution in [1.82, 2.24) is 20.2 Å². The number of hydrogen-bond donors (Lipinski definition) is 1. The van der Waals surface area contributed by atoms with Crippen LogP contribution in [0.15, 0.2) is 6.07 Å². The van der Waals surface area contributed by atoms with Gasteiger partial charge >= 0.3 is 0 Å². The molecule has 1 N–H and O–H groups in total. The van der Waals surface area contributed by atoms with Gasteiger partial charge in [0.15, 0.2) is 0 Å². The number of rotatable bonds is 5. The lowest BCUT2D eigenvalue weighted by atomic mass is 10.3. The number of aromatic nitrogens is 2. The van der Waals surface area contributed by atoms with E-state index in [1.165, 1.54) is 0 Å². The van der Waals surface area contributed by atoms with E-state index >= 15 is 0 Å². The van der Waals surface area contributed by atoms with Gasteiger partial charge in [-0.15, -0.1) is 0 Å². The van der Waals surface area contributed by atoms with E-state index in [4.69, 9.17) is 0 Å². The molecule has 1 heterocycles. The Kier molecular flexibility index (Phi) is 4.65. The van der Waals surface area contributed by atoms with Crippen LogP contribution < -0.4 is 5.32 Å². The Hall–Kier alpha value is -1.00. The molecule has 4 heteroatoms. The molecule has 0 aliphatic carbocycles. The van der Waals surface area contributed by atoms with Crippen LogP contribution in [0.5, 0.6) is 0 Å². The Morgan fingerprint density at radius 2 is 2.07 bits per heavy atom. The first-order valence-corrected chi connectivity index (χ1v) is 5.30. The molecule has 0 radical (unpaired) electrons. The van der Waals surface area contributed by atoms with Crippen molar-refractivity contribution in [3.8, 4) is 0 Å². The van der Waals surface area contributed by atoms with E-state index in [-0.39, 0.29) is 0 Å².